The van der Waals surface area contributed by atoms with E-state index in [0.29, 0.717) is 0 Å². The molecule has 28 heavy (non-hydrogen) atoms. The van der Waals surface area contributed by atoms with Gasteiger partial charge >= 0.3 is 37.9 Å². The second kappa shape index (κ2) is 11.2. The van der Waals surface area contributed by atoms with Crippen molar-refractivity contribution in [3.63, 3.8) is 0 Å². The average Bonchev–Trinajstić information content (AvgIpc) is 3.08. The van der Waals surface area contributed by atoms with Crippen LogP contribution in [-0.2, 0) is 20.8 Å². The molecule has 0 amide bonds. The van der Waals surface area contributed by atoms with Gasteiger partial charge in [-0.15, -0.1) is 0 Å². The van der Waals surface area contributed by atoms with Crippen molar-refractivity contribution in [3.05, 3.63) is 107 Å². The van der Waals surface area contributed by atoms with Crippen LogP contribution in [0.25, 0.3) is 0 Å². The number of hydrogen-bond acceptors (Lipinski definition) is 0. The van der Waals surface area contributed by atoms with Crippen molar-refractivity contribution in [2.45, 2.75) is 48.5 Å². The number of allylic oxidation sites excluding steroid dienone is 8. The molecule has 2 saturated carbocycles. The van der Waals surface area contributed by atoms with Gasteiger partial charge in [0, 0.05) is 23.7 Å². The van der Waals surface area contributed by atoms with E-state index in [4.69, 9.17) is 17.0 Å². The van der Waals surface area contributed by atoms with Crippen LogP contribution in [0.15, 0.2) is 47.6 Å². The molecule has 10 radical (unpaired) electrons. The Morgan fingerprint density at radius 1 is 0.536 bits per heavy atom. The normalized spacial score (nSPS) is 25.3. The fourth-order valence-corrected chi connectivity index (χ4v) is 3.67. The van der Waals surface area contributed by atoms with E-state index in [0.717, 1.165) is 0 Å². The summed E-state index contributed by atoms with van der Waals surface area (Å²) in [5.41, 5.74) is 2.66. The first-order chi connectivity index (χ1) is 13.2. The Morgan fingerprint density at radius 3 is 1.11 bits per heavy atom. The van der Waals surface area contributed by atoms with Gasteiger partial charge in [-0.1, -0.05) is 82.2 Å². The summed E-state index contributed by atoms with van der Waals surface area (Å²) in [6.07, 6.45) is 15.6. The third-order valence-electron chi connectivity index (χ3n) is 5.83. The summed E-state index contributed by atoms with van der Waals surface area (Å²) < 4.78 is 0. The van der Waals surface area contributed by atoms with Gasteiger partial charge in [-0.3, -0.25) is 0 Å². The van der Waals surface area contributed by atoms with Gasteiger partial charge in [0.1, 0.15) is 0 Å². The van der Waals surface area contributed by atoms with Crippen molar-refractivity contribution in [3.8, 4) is 0 Å². The van der Waals surface area contributed by atoms with Crippen LogP contribution in [0.3, 0.4) is 0 Å². The molecule has 0 aliphatic heterocycles. The molecule has 144 valence electrons. The Balaban J connectivity index is 0.000000188. The fourth-order valence-electron chi connectivity index (χ4n) is 3.67. The maximum atomic E-state index is 4.93. The second-order valence-corrected chi connectivity index (χ2v) is 11.3. The first-order valence-electron chi connectivity index (χ1n) is 9.43. The average molecular weight is 491 g/mol. The molecule has 0 aromatic carbocycles. The molecule has 3 heteroatoms. The van der Waals surface area contributed by atoms with Gasteiger partial charge < -0.3 is 0 Å². The van der Waals surface area contributed by atoms with Crippen molar-refractivity contribution in [2.75, 3.05) is 0 Å². The SMILES string of the molecule is CC1=C[C]2[CH][C]3C=C(C)C=C[C]3[C]2C=C1.C[C]1[C](C)[C](C)[C](C)[C]1C.[Cl][Zr+2][Cl]. The van der Waals surface area contributed by atoms with E-state index in [1.807, 2.05) is 0 Å². The zero-order valence-corrected chi connectivity index (χ0v) is 21.8. The van der Waals surface area contributed by atoms with E-state index in [1.54, 1.807) is 0 Å². The third kappa shape index (κ3) is 5.77. The summed E-state index contributed by atoms with van der Waals surface area (Å²) in [5.74, 6) is 12.8. The Labute approximate surface area is 192 Å². The van der Waals surface area contributed by atoms with E-state index >= 15 is 0 Å². The molecule has 0 heterocycles. The Kier molecular flexibility index (Phi) is 9.84. The van der Waals surface area contributed by atoms with Gasteiger partial charge in [-0.2, -0.15) is 0 Å². The van der Waals surface area contributed by atoms with Crippen LogP contribution in [0.5, 0.6) is 0 Å². The molecule has 0 N–H and O–H groups in total. The fraction of sp³-hybridized carbons (Fsp3) is 0.280. The Hall–Kier alpha value is 0.423. The number of rotatable bonds is 0. The molecule has 4 aliphatic rings. The van der Waals surface area contributed by atoms with E-state index in [-0.39, 0.29) is 0 Å². The molecule has 4 aliphatic carbocycles. The summed E-state index contributed by atoms with van der Waals surface area (Å²) >= 11 is -0.826. The first kappa shape index (κ1) is 24.7. The molecule has 0 atom stereocenters. The molecule has 0 saturated heterocycles. The van der Waals surface area contributed by atoms with Gasteiger partial charge in [0.15, 0.2) is 0 Å². The Morgan fingerprint density at radius 2 is 0.821 bits per heavy atom. The molecule has 4 rings (SSSR count). The summed E-state index contributed by atoms with van der Waals surface area (Å²) in [4.78, 5) is 0. The number of hydrogen-bond donors (Lipinski definition) is 0. The quantitative estimate of drug-likeness (QED) is 0.324. The van der Waals surface area contributed by atoms with Crippen LogP contribution in [0, 0.1) is 59.7 Å². The van der Waals surface area contributed by atoms with E-state index in [1.165, 1.54) is 64.4 Å². The van der Waals surface area contributed by atoms with Gasteiger partial charge in [0.25, 0.3) is 0 Å². The van der Waals surface area contributed by atoms with Gasteiger partial charge in [-0.25, -0.2) is 0 Å². The zero-order chi connectivity index (χ0) is 21.0. The van der Waals surface area contributed by atoms with Crippen LogP contribution in [-0.4, -0.2) is 0 Å². The molecule has 2 fully saturated rings. The van der Waals surface area contributed by atoms with Crippen molar-refractivity contribution in [1.82, 2.24) is 0 Å². The van der Waals surface area contributed by atoms with Crippen LogP contribution in [0.1, 0.15) is 48.5 Å². The van der Waals surface area contributed by atoms with Crippen LogP contribution in [0.4, 0.5) is 0 Å². The molecule has 0 unspecified atom stereocenters. The summed E-state index contributed by atoms with van der Waals surface area (Å²) in [6, 6.07) is 0. The minimum atomic E-state index is -0.826. The summed E-state index contributed by atoms with van der Waals surface area (Å²) in [5, 5.41) is 0. The first-order valence-corrected chi connectivity index (χ1v) is 15.8. The standard InChI is InChI=1S/C15H13.C10H15.2ClH.Zr/c1-10-3-5-14-12(7-10)9-13-8-11(2)4-6-15(13)14;1-6-7(2)9(4)10(5)8(6)3;;;/h3-9H,1-2H3;1-5H3;2*1H;/q;;;;+4/p-2. The van der Waals surface area contributed by atoms with E-state index in [9.17, 15) is 0 Å². The van der Waals surface area contributed by atoms with Crippen LogP contribution < -0.4 is 0 Å². The van der Waals surface area contributed by atoms with E-state index < -0.39 is 20.8 Å². The second-order valence-electron chi connectivity index (χ2n) is 7.52. The predicted molar refractivity (Wildman–Crippen MR) is 119 cm³/mol. The zero-order valence-electron chi connectivity index (χ0n) is 17.8. The monoisotopic (exact) mass is 488 g/mol. The topological polar surface area (TPSA) is 0 Å². The third-order valence-corrected chi connectivity index (χ3v) is 5.83. The maximum absolute atomic E-state index is 4.93. The van der Waals surface area contributed by atoms with E-state index in [2.05, 4.69) is 91.3 Å². The molecule has 0 bridgehead atoms. The van der Waals surface area contributed by atoms with Gasteiger partial charge in [0.05, 0.1) is 0 Å². The van der Waals surface area contributed by atoms with Crippen molar-refractivity contribution < 1.29 is 20.8 Å². The molecule has 0 aromatic rings. The number of fused-ring (bicyclic) bond motifs is 3. The van der Waals surface area contributed by atoms with Crippen LogP contribution in [0.2, 0.25) is 0 Å². The minimum absolute atomic E-state index is 0.826. The van der Waals surface area contributed by atoms with Gasteiger partial charge in [-0.05, 0) is 49.9 Å². The molecule has 0 aromatic heterocycles. The van der Waals surface area contributed by atoms with Crippen molar-refractivity contribution in [2.24, 2.45) is 0 Å². The van der Waals surface area contributed by atoms with Crippen molar-refractivity contribution >= 4 is 17.0 Å². The van der Waals surface area contributed by atoms with Crippen LogP contribution >= 0.6 is 17.0 Å². The van der Waals surface area contributed by atoms with Gasteiger partial charge in [0.2, 0.25) is 0 Å². The molecule has 0 nitrogen and oxygen atoms in total. The van der Waals surface area contributed by atoms with Crippen molar-refractivity contribution in [1.29, 1.82) is 0 Å². The summed E-state index contributed by atoms with van der Waals surface area (Å²) in [6.45, 7) is 15.3. The summed E-state index contributed by atoms with van der Waals surface area (Å²) in [7, 11) is 9.87. The molecule has 0 spiro atoms. The Bertz CT molecular complexity index is 550. The molecular formula is C25H28Cl2Zr+2. The molecular weight excluding hydrogens is 462 g/mol. The predicted octanol–water partition coefficient (Wildman–Crippen LogP) is 7.88. The number of halogens is 2.